The van der Waals surface area contributed by atoms with E-state index in [1.165, 1.54) is 20.0 Å². The summed E-state index contributed by atoms with van der Waals surface area (Å²) in [4.78, 5) is 23.7. The fourth-order valence-corrected chi connectivity index (χ4v) is 1.90. The molecule has 0 fully saturated rings. The van der Waals surface area contributed by atoms with Crippen LogP contribution in [0.3, 0.4) is 0 Å². The summed E-state index contributed by atoms with van der Waals surface area (Å²) in [5.41, 5.74) is -0.218. The fraction of sp³-hybridized carbons (Fsp3) is 0.467. The Morgan fingerprint density at radius 3 is 2.50 bits per heavy atom. The predicted molar refractivity (Wildman–Crippen MR) is 74.2 cm³/mol. The number of nitrogens with zero attached hydrogens (tertiary/aromatic N) is 1. The number of hydrogen-bond acceptors (Lipinski definition) is 2. The summed E-state index contributed by atoms with van der Waals surface area (Å²) >= 11 is 0. The van der Waals surface area contributed by atoms with Crippen LogP contribution in [0.5, 0.6) is 0 Å². The Labute approximate surface area is 126 Å². The number of amides is 1. The summed E-state index contributed by atoms with van der Waals surface area (Å²) in [5.74, 6) is -1.45. The lowest BCUT2D eigenvalue weighted by molar-refractivity contribution is -0.148. The van der Waals surface area contributed by atoms with Gasteiger partial charge in [0.25, 0.3) is 0 Å². The average molecular weight is 317 g/mol. The number of benzene rings is 1. The summed E-state index contributed by atoms with van der Waals surface area (Å²) in [5, 5.41) is 8.81. The predicted octanol–water partition coefficient (Wildman–Crippen LogP) is 2.96. The lowest BCUT2D eigenvalue weighted by Gasteiger charge is -2.21. The highest BCUT2D eigenvalue weighted by Gasteiger charge is 2.30. The van der Waals surface area contributed by atoms with Crippen molar-refractivity contribution in [1.82, 2.24) is 4.90 Å². The second kappa shape index (κ2) is 7.29. The third-order valence-electron chi connectivity index (χ3n) is 3.44. The van der Waals surface area contributed by atoms with Crippen molar-refractivity contribution in [3.63, 3.8) is 0 Å². The molecule has 0 saturated heterocycles. The number of aliphatic carboxylic acids is 1. The minimum atomic E-state index is -4.39. The topological polar surface area (TPSA) is 57.6 Å². The standard InChI is InChI=1S/C15H18F3NO3/c1-10(14(21)22)19(2)13(20)8-4-6-11-5-3-7-12(9-11)15(16,17)18/h3,5,7,9-10H,4,6,8H2,1-2H3,(H,21,22). The van der Waals surface area contributed by atoms with Crippen molar-refractivity contribution < 1.29 is 27.9 Å². The molecule has 0 aliphatic rings. The van der Waals surface area contributed by atoms with Crippen molar-refractivity contribution in [2.24, 2.45) is 0 Å². The molecule has 0 radical (unpaired) electrons. The molecule has 0 saturated carbocycles. The zero-order valence-electron chi connectivity index (χ0n) is 12.4. The van der Waals surface area contributed by atoms with Crippen molar-refractivity contribution >= 4 is 11.9 Å². The molecule has 1 atom stereocenters. The lowest BCUT2D eigenvalue weighted by atomic mass is 10.0. The third-order valence-corrected chi connectivity index (χ3v) is 3.44. The number of alkyl halides is 3. The van der Waals surface area contributed by atoms with E-state index in [-0.39, 0.29) is 12.3 Å². The number of carboxylic acid groups (broad SMARTS) is 1. The van der Waals surface area contributed by atoms with Gasteiger partial charge in [-0.1, -0.05) is 18.2 Å². The molecule has 1 aromatic carbocycles. The number of hydrogen-bond donors (Lipinski definition) is 1. The Morgan fingerprint density at radius 2 is 1.95 bits per heavy atom. The maximum absolute atomic E-state index is 12.6. The zero-order valence-corrected chi connectivity index (χ0v) is 12.4. The number of carboxylic acids is 1. The molecular weight excluding hydrogens is 299 g/mol. The third kappa shape index (κ3) is 5.05. The monoisotopic (exact) mass is 317 g/mol. The van der Waals surface area contributed by atoms with Gasteiger partial charge in [-0.15, -0.1) is 0 Å². The van der Waals surface area contributed by atoms with Gasteiger partial charge in [0.15, 0.2) is 0 Å². The van der Waals surface area contributed by atoms with Crippen molar-refractivity contribution in [3.05, 3.63) is 35.4 Å². The Kier molecular flexibility index (Phi) is 5.96. The van der Waals surface area contributed by atoms with E-state index in [9.17, 15) is 22.8 Å². The number of likely N-dealkylation sites (N-methyl/N-ethyl adjacent to an activating group) is 1. The molecule has 0 aliphatic heterocycles. The van der Waals surface area contributed by atoms with Gasteiger partial charge in [0.2, 0.25) is 5.91 Å². The quantitative estimate of drug-likeness (QED) is 0.877. The molecule has 0 aliphatic carbocycles. The first-order chi connectivity index (χ1) is 10.1. The molecule has 1 unspecified atom stereocenters. The van der Waals surface area contributed by atoms with Gasteiger partial charge >= 0.3 is 12.1 Å². The van der Waals surface area contributed by atoms with E-state index in [2.05, 4.69) is 0 Å². The van der Waals surface area contributed by atoms with E-state index in [0.717, 1.165) is 17.0 Å². The van der Waals surface area contributed by atoms with E-state index in [1.54, 1.807) is 6.07 Å². The van der Waals surface area contributed by atoms with Crippen LogP contribution in [0.25, 0.3) is 0 Å². The first-order valence-electron chi connectivity index (χ1n) is 6.77. The van der Waals surface area contributed by atoms with Crippen molar-refractivity contribution in [2.75, 3.05) is 7.05 Å². The van der Waals surface area contributed by atoms with Crippen LogP contribution in [-0.4, -0.2) is 35.0 Å². The van der Waals surface area contributed by atoms with Gasteiger partial charge in [0.1, 0.15) is 6.04 Å². The van der Waals surface area contributed by atoms with E-state index in [0.29, 0.717) is 18.4 Å². The zero-order chi connectivity index (χ0) is 16.9. The first kappa shape index (κ1) is 18.0. The number of aryl methyl sites for hydroxylation is 1. The molecule has 22 heavy (non-hydrogen) atoms. The van der Waals surface area contributed by atoms with Crippen LogP contribution < -0.4 is 0 Å². The molecule has 122 valence electrons. The summed E-state index contributed by atoms with van der Waals surface area (Å²) < 4.78 is 37.7. The van der Waals surface area contributed by atoms with E-state index in [4.69, 9.17) is 5.11 Å². The molecule has 0 heterocycles. The summed E-state index contributed by atoms with van der Waals surface area (Å²) in [6.07, 6.45) is -3.62. The fourth-order valence-electron chi connectivity index (χ4n) is 1.90. The molecule has 1 rings (SSSR count). The second-order valence-corrected chi connectivity index (χ2v) is 5.07. The van der Waals surface area contributed by atoms with Crippen LogP contribution in [0.1, 0.15) is 30.9 Å². The second-order valence-electron chi connectivity index (χ2n) is 5.07. The molecule has 4 nitrogen and oxygen atoms in total. The van der Waals surface area contributed by atoms with Crippen molar-refractivity contribution in [3.8, 4) is 0 Å². The van der Waals surface area contributed by atoms with Gasteiger partial charge in [0.05, 0.1) is 5.56 Å². The van der Waals surface area contributed by atoms with Crippen LogP contribution in [0.2, 0.25) is 0 Å². The maximum Gasteiger partial charge on any atom is 0.416 e. The van der Waals surface area contributed by atoms with Crippen LogP contribution in [-0.2, 0) is 22.2 Å². The number of carbonyl (C=O) groups is 2. The van der Waals surface area contributed by atoms with Gasteiger partial charge in [-0.2, -0.15) is 13.2 Å². The van der Waals surface area contributed by atoms with Crippen LogP contribution in [0, 0.1) is 0 Å². The Bertz CT molecular complexity index is 543. The molecular formula is C15H18F3NO3. The summed E-state index contributed by atoms with van der Waals surface area (Å²) in [6, 6.07) is 4.04. The number of carbonyl (C=O) groups excluding carboxylic acids is 1. The number of rotatable bonds is 6. The molecule has 7 heteroatoms. The van der Waals surface area contributed by atoms with Gasteiger partial charge in [-0.25, -0.2) is 4.79 Å². The summed E-state index contributed by atoms with van der Waals surface area (Å²) in [7, 11) is 1.39. The minimum absolute atomic E-state index is 0.0877. The highest BCUT2D eigenvalue weighted by Crippen LogP contribution is 2.29. The lowest BCUT2D eigenvalue weighted by Crippen LogP contribution is -2.40. The van der Waals surface area contributed by atoms with Gasteiger partial charge in [-0.05, 0) is 31.4 Å². The van der Waals surface area contributed by atoms with Crippen LogP contribution in [0.4, 0.5) is 13.2 Å². The normalized spacial score (nSPS) is 12.8. The van der Waals surface area contributed by atoms with E-state index in [1.807, 2.05) is 0 Å². The smallest absolute Gasteiger partial charge is 0.416 e. The minimum Gasteiger partial charge on any atom is -0.480 e. The molecule has 0 aromatic heterocycles. The van der Waals surface area contributed by atoms with E-state index >= 15 is 0 Å². The molecule has 1 amide bonds. The molecule has 0 spiro atoms. The average Bonchev–Trinajstić information content (AvgIpc) is 2.44. The SMILES string of the molecule is CC(C(=O)O)N(C)C(=O)CCCc1cccc(C(F)(F)F)c1. The van der Waals surface area contributed by atoms with Crippen LogP contribution in [0.15, 0.2) is 24.3 Å². The largest absolute Gasteiger partial charge is 0.480 e. The Morgan fingerprint density at radius 1 is 1.32 bits per heavy atom. The van der Waals surface area contributed by atoms with Gasteiger partial charge in [0, 0.05) is 13.5 Å². The highest BCUT2D eigenvalue weighted by atomic mass is 19.4. The van der Waals surface area contributed by atoms with Gasteiger partial charge in [-0.3, -0.25) is 4.79 Å². The molecule has 1 aromatic rings. The highest BCUT2D eigenvalue weighted by molar-refractivity contribution is 5.83. The van der Waals surface area contributed by atoms with Gasteiger partial charge < -0.3 is 10.0 Å². The maximum atomic E-state index is 12.6. The Hall–Kier alpha value is -2.05. The van der Waals surface area contributed by atoms with Crippen molar-refractivity contribution in [1.29, 1.82) is 0 Å². The Balaban J connectivity index is 2.54. The molecule has 1 N–H and O–H groups in total. The first-order valence-corrected chi connectivity index (χ1v) is 6.77. The summed E-state index contributed by atoms with van der Waals surface area (Å²) in [6.45, 7) is 1.40. The van der Waals surface area contributed by atoms with E-state index < -0.39 is 23.8 Å². The molecule has 0 bridgehead atoms. The number of halogens is 3. The van der Waals surface area contributed by atoms with Crippen LogP contribution >= 0.6 is 0 Å². The van der Waals surface area contributed by atoms with Crippen molar-refractivity contribution in [2.45, 2.75) is 38.4 Å².